The first-order valence-corrected chi connectivity index (χ1v) is 11.8. The van der Waals surface area contributed by atoms with Crippen molar-refractivity contribution < 1.29 is 18.0 Å². The summed E-state index contributed by atoms with van der Waals surface area (Å²) in [6, 6.07) is 3.10. The third-order valence-corrected chi connectivity index (χ3v) is 8.00. The van der Waals surface area contributed by atoms with Crippen LogP contribution in [0.1, 0.15) is 29.5 Å². The van der Waals surface area contributed by atoms with Gasteiger partial charge < -0.3 is 14.0 Å². The third-order valence-electron chi connectivity index (χ3n) is 6.65. The number of amides is 1. The van der Waals surface area contributed by atoms with Crippen LogP contribution in [0, 0.1) is 18.8 Å². The summed E-state index contributed by atoms with van der Waals surface area (Å²) in [6.07, 6.45) is 1.86. The molecule has 0 saturated carbocycles. The van der Waals surface area contributed by atoms with E-state index in [1.165, 1.54) is 28.5 Å². The molecule has 6 nitrogen and oxygen atoms in total. The molecule has 1 aliphatic carbocycles. The zero-order valence-electron chi connectivity index (χ0n) is 18.2. The number of carbonyl (C=O) groups is 1. The molecule has 33 heavy (non-hydrogen) atoms. The lowest BCUT2D eigenvalue weighted by Gasteiger charge is -2.38. The number of alkyl halides is 3. The Morgan fingerprint density at radius 2 is 2.03 bits per heavy atom. The van der Waals surface area contributed by atoms with E-state index in [9.17, 15) is 22.8 Å². The van der Waals surface area contributed by atoms with Gasteiger partial charge in [0, 0.05) is 31.1 Å². The molecule has 2 aliphatic heterocycles. The van der Waals surface area contributed by atoms with Crippen molar-refractivity contribution in [2.75, 3.05) is 12.3 Å². The van der Waals surface area contributed by atoms with Gasteiger partial charge in [-0.1, -0.05) is 6.08 Å². The standard InChI is InChI=1S/C23H23F3N4O2S/c1-13-8-28(12-27-13)18-5-6-19-22(32)29(14(2)9-30(19)21(18)31)10-15-11-33-20-7-16(23(24,25)26)3-4-17(15)20/h3,5-8,12,14-15,17H,4,9-11H2,1-2H3/t14-,15?,17?/m1/s1. The Kier molecular flexibility index (Phi) is 5.30. The predicted molar refractivity (Wildman–Crippen MR) is 119 cm³/mol. The molecule has 0 radical (unpaired) electrons. The van der Waals surface area contributed by atoms with Crippen molar-refractivity contribution in [2.24, 2.45) is 11.8 Å². The summed E-state index contributed by atoms with van der Waals surface area (Å²) in [5.74, 6) is 0.531. The Hall–Kier alpha value is -2.75. The Balaban J connectivity index is 1.37. The highest BCUT2D eigenvalue weighted by Gasteiger charge is 2.42. The zero-order valence-corrected chi connectivity index (χ0v) is 19.0. The van der Waals surface area contributed by atoms with Gasteiger partial charge in [0.1, 0.15) is 11.4 Å². The molecular weight excluding hydrogens is 453 g/mol. The number of fused-ring (bicyclic) bond motifs is 2. The molecule has 2 aromatic heterocycles. The van der Waals surface area contributed by atoms with Crippen LogP contribution in [0.2, 0.25) is 0 Å². The molecule has 2 unspecified atom stereocenters. The molecule has 0 N–H and O–H groups in total. The van der Waals surface area contributed by atoms with E-state index < -0.39 is 11.7 Å². The summed E-state index contributed by atoms with van der Waals surface area (Å²) >= 11 is 1.45. The Labute approximate surface area is 192 Å². The van der Waals surface area contributed by atoms with Crippen LogP contribution in [0.5, 0.6) is 0 Å². The minimum absolute atomic E-state index is 0.00271. The molecule has 3 atom stereocenters. The second-order valence-electron chi connectivity index (χ2n) is 8.87. The maximum Gasteiger partial charge on any atom is 0.416 e. The molecule has 4 heterocycles. The van der Waals surface area contributed by atoms with E-state index in [1.807, 2.05) is 13.8 Å². The summed E-state index contributed by atoms with van der Waals surface area (Å²) in [4.78, 5) is 33.1. The average molecular weight is 477 g/mol. The highest BCUT2D eigenvalue weighted by Crippen LogP contribution is 2.48. The Bertz CT molecular complexity index is 1240. The van der Waals surface area contributed by atoms with Gasteiger partial charge >= 0.3 is 6.18 Å². The maximum absolute atomic E-state index is 13.3. The highest BCUT2D eigenvalue weighted by atomic mass is 32.2. The Morgan fingerprint density at radius 1 is 1.24 bits per heavy atom. The van der Waals surface area contributed by atoms with E-state index in [4.69, 9.17) is 0 Å². The quantitative estimate of drug-likeness (QED) is 0.673. The molecule has 174 valence electrons. The number of pyridine rings is 1. The molecule has 1 fully saturated rings. The first-order valence-electron chi connectivity index (χ1n) is 10.8. The molecule has 5 rings (SSSR count). The fourth-order valence-electron chi connectivity index (χ4n) is 4.87. The number of hydrogen-bond donors (Lipinski definition) is 0. The van der Waals surface area contributed by atoms with Crippen LogP contribution in [0.25, 0.3) is 5.69 Å². The number of rotatable bonds is 3. The van der Waals surface area contributed by atoms with E-state index >= 15 is 0 Å². The van der Waals surface area contributed by atoms with E-state index in [0.29, 0.717) is 36.6 Å². The number of imidazole rings is 1. The van der Waals surface area contributed by atoms with Crippen LogP contribution in [-0.4, -0.2) is 49.4 Å². The van der Waals surface area contributed by atoms with Gasteiger partial charge in [-0.2, -0.15) is 13.2 Å². The van der Waals surface area contributed by atoms with Crippen molar-refractivity contribution in [3.8, 4) is 5.69 Å². The van der Waals surface area contributed by atoms with Crippen LogP contribution in [0.4, 0.5) is 13.2 Å². The number of carbonyl (C=O) groups excluding carboxylic acids is 1. The number of aryl methyl sites for hydroxylation is 1. The average Bonchev–Trinajstić information content (AvgIpc) is 3.37. The van der Waals surface area contributed by atoms with Crippen LogP contribution in [0.15, 0.2) is 52.1 Å². The molecule has 1 saturated heterocycles. The normalized spacial score (nSPS) is 24.9. The molecule has 10 heteroatoms. The van der Waals surface area contributed by atoms with Crippen LogP contribution >= 0.6 is 11.8 Å². The number of aromatic nitrogens is 3. The van der Waals surface area contributed by atoms with Gasteiger partial charge in [0.2, 0.25) is 0 Å². The van der Waals surface area contributed by atoms with Gasteiger partial charge in [0.15, 0.2) is 0 Å². The number of nitrogens with zero attached hydrogens (tertiary/aromatic N) is 4. The van der Waals surface area contributed by atoms with Crippen molar-refractivity contribution >= 4 is 17.7 Å². The molecule has 0 aromatic carbocycles. The van der Waals surface area contributed by atoms with Crippen LogP contribution < -0.4 is 5.56 Å². The highest BCUT2D eigenvalue weighted by molar-refractivity contribution is 8.03. The van der Waals surface area contributed by atoms with Gasteiger partial charge in [0.25, 0.3) is 11.5 Å². The first kappa shape index (κ1) is 22.1. The third kappa shape index (κ3) is 3.84. The molecule has 2 aromatic rings. The molecular formula is C23H23F3N4O2S. The van der Waals surface area contributed by atoms with Gasteiger partial charge in [-0.3, -0.25) is 9.59 Å². The number of hydrogen-bond acceptors (Lipinski definition) is 4. The second kappa shape index (κ2) is 7.93. The topological polar surface area (TPSA) is 60.1 Å². The summed E-state index contributed by atoms with van der Waals surface area (Å²) in [5, 5.41) is 0. The van der Waals surface area contributed by atoms with Gasteiger partial charge in [-0.15, -0.1) is 11.8 Å². The van der Waals surface area contributed by atoms with E-state index in [2.05, 4.69) is 4.98 Å². The number of thioether (sulfide) groups is 1. The minimum atomic E-state index is -4.33. The maximum atomic E-state index is 13.3. The number of allylic oxidation sites excluding steroid dienone is 4. The lowest BCUT2D eigenvalue weighted by Crippen LogP contribution is -2.52. The largest absolute Gasteiger partial charge is 0.416 e. The van der Waals surface area contributed by atoms with Gasteiger partial charge in [-0.05, 0) is 55.2 Å². The van der Waals surface area contributed by atoms with Crippen molar-refractivity contribution in [3.05, 3.63) is 69.0 Å². The van der Waals surface area contributed by atoms with Crippen molar-refractivity contribution in [3.63, 3.8) is 0 Å². The number of halogens is 3. The monoisotopic (exact) mass is 476 g/mol. The van der Waals surface area contributed by atoms with E-state index in [-0.39, 0.29) is 29.3 Å². The van der Waals surface area contributed by atoms with Gasteiger partial charge in [-0.25, -0.2) is 4.98 Å². The molecule has 3 aliphatic rings. The smallest absolute Gasteiger partial charge is 0.333 e. The molecule has 1 amide bonds. The zero-order chi connectivity index (χ0) is 23.5. The second-order valence-corrected chi connectivity index (χ2v) is 9.96. The predicted octanol–water partition coefficient (Wildman–Crippen LogP) is 3.94. The fraction of sp³-hybridized carbons (Fsp3) is 0.435. The summed E-state index contributed by atoms with van der Waals surface area (Å²) in [5.41, 5.74) is 0.729. The minimum Gasteiger partial charge on any atom is -0.333 e. The van der Waals surface area contributed by atoms with Crippen LogP contribution in [0.3, 0.4) is 0 Å². The van der Waals surface area contributed by atoms with E-state index in [1.54, 1.807) is 34.1 Å². The van der Waals surface area contributed by atoms with Crippen molar-refractivity contribution in [1.82, 2.24) is 19.0 Å². The molecule has 0 spiro atoms. The SMILES string of the molecule is Cc1cn(-c2ccc3n(c2=O)C[C@@H](C)N(CC2CSC4=CC(C(F)(F)F)=CCC42)C3=O)cn1. The molecule has 0 bridgehead atoms. The van der Waals surface area contributed by atoms with E-state index in [0.717, 1.165) is 10.6 Å². The van der Waals surface area contributed by atoms with Crippen molar-refractivity contribution in [2.45, 2.75) is 39.0 Å². The van der Waals surface area contributed by atoms with Gasteiger partial charge in [0.05, 0.1) is 17.6 Å². The van der Waals surface area contributed by atoms with Crippen molar-refractivity contribution in [1.29, 1.82) is 0 Å². The lowest BCUT2D eigenvalue weighted by molar-refractivity contribution is -0.0888. The first-order chi connectivity index (χ1) is 15.6. The lowest BCUT2D eigenvalue weighted by atomic mass is 9.85. The van der Waals surface area contributed by atoms with Crippen LogP contribution in [-0.2, 0) is 6.54 Å². The summed E-state index contributed by atoms with van der Waals surface area (Å²) in [6.45, 7) is 4.57. The summed E-state index contributed by atoms with van der Waals surface area (Å²) in [7, 11) is 0. The summed E-state index contributed by atoms with van der Waals surface area (Å²) < 4.78 is 42.4. The Morgan fingerprint density at radius 3 is 2.73 bits per heavy atom. The fourth-order valence-corrected chi connectivity index (χ4v) is 6.33.